The van der Waals surface area contributed by atoms with Gasteiger partial charge in [0.15, 0.2) is 5.50 Å². The first kappa shape index (κ1) is 24.5. The Bertz CT molecular complexity index is 833. The van der Waals surface area contributed by atoms with Crippen molar-refractivity contribution in [3.63, 3.8) is 0 Å². The van der Waals surface area contributed by atoms with Crippen LogP contribution in [0.2, 0.25) is 0 Å². The van der Waals surface area contributed by atoms with Crippen molar-refractivity contribution in [3.8, 4) is 5.75 Å². The Morgan fingerprint density at radius 3 is 2.61 bits per heavy atom. The van der Waals surface area contributed by atoms with E-state index in [1.807, 2.05) is 6.92 Å². The number of carbonyl (C=O) groups is 1. The second kappa shape index (κ2) is 11.0. The number of nitrogens with two attached hydrogens (primary N) is 2. The third-order valence-electron chi connectivity index (χ3n) is 4.57. The number of aliphatic hydroxyl groups excluding tert-OH is 2. The minimum atomic E-state index is -1.21. The number of amides is 1. The second-order valence-corrected chi connectivity index (χ2v) is 7.30. The van der Waals surface area contributed by atoms with Crippen molar-refractivity contribution in [2.75, 3.05) is 24.7 Å². The van der Waals surface area contributed by atoms with Gasteiger partial charge >= 0.3 is 0 Å². The number of halogens is 1. The second-order valence-electron chi connectivity index (χ2n) is 6.88. The molecule has 1 aromatic rings. The third kappa shape index (κ3) is 5.91. The number of anilines is 1. The molecule has 1 aliphatic heterocycles. The van der Waals surface area contributed by atoms with Crippen LogP contribution < -0.4 is 21.1 Å². The lowest BCUT2D eigenvalue weighted by molar-refractivity contribution is -0.112. The Morgan fingerprint density at radius 2 is 2.06 bits per heavy atom. The van der Waals surface area contributed by atoms with Crippen molar-refractivity contribution in [3.05, 3.63) is 24.3 Å². The standard InChI is InChI=1S/C19H28ClN7O4/c1-2-3-8-26(11-4-6-13(7-5-11)31-10-12(29)9-28)19(24)27-16(21)14(18(23)30)25-15(20)17(27)22/h4-7,12,15-16,22,24,28-29H,2-3,8-10,21H2,1H3,(H2,23,30)/t12-,15?,16?/m0/s1. The summed E-state index contributed by atoms with van der Waals surface area (Å²) in [5, 5.41) is 35.3. The summed E-state index contributed by atoms with van der Waals surface area (Å²) in [6.07, 6.45) is -0.579. The maximum absolute atomic E-state index is 11.7. The van der Waals surface area contributed by atoms with Crippen molar-refractivity contribution in [1.29, 1.82) is 10.8 Å². The highest BCUT2D eigenvalue weighted by Gasteiger charge is 2.38. The van der Waals surface area contributed by atoms with Crippen LogP contribution in [-0.4, -0.2) is 76.1 Å². The van der Waals surface area contributed by atoms with E-state index < -0.39 is 30.3 Å². The van der Waals surface area contributed by atoms with Gasteiger partial charge < -0.3 is 31.3 Å². The third-order valence-corrected chi connectivity index (χ3v) is 4.87. The average Bonchev–Trinajstić information content (AvgIpc) is 2.75. The van der Waals surface area contributed by atoms with Crippen LogP contribution in [0.3, 0.4) is 0 Å². The lowest BCUT2D eigenvalue weighted by Gasteiger charge is -2.39. The summed E-state index contributed by atoms with van der Waals surface area (Å²) < 4.78 is 5.41. The van der Waals surface area contributed by atoms with E-state index in [1.165, 1.54) is 0 Å². The molecule has 0 saturated carbocycles. The number of unbranched alkanes of at least 4 members (excludes halogenated alkanes) is 1. The molecule has 0 saturated heterocycles. The number of nitrogens with one attached hydrogen (secondary N) is 2. The molecule has 3 atom stereocenters. The smallest absolute Gasteiger partial charge is 0.266 e. The number of guanidine groups is 1. The lowest BCUT2D eigenvalue weighted by atomic mass is 10.2. The summed E-state index contributed by atoms with van der Waals surface area (Å²) in [6.45, 7) is 2.00. The molecular weight excluding hydrogens is 426 g/mol. The normalized spacial score (nSPS) is 19.6. The molecule has 0 aromatic heterocycles. The van der Waals surface area contributed by atoms with E-state index in [1.54, 1.807) is 29.2 Å². The van der Waals surface area contributed by atoms with Crippen LogP contribution >= 0.6 is 11.6 Å². The van der Waals surface area contributed by atoms with Crippen LogP contribution in [0.4, 0.5) is 5.69 Å². The first-order valence-corrected chi connectivity index (χ1v) is 10.2. The molecule has 2 unspecified atom stereocenters. The molecule has 1 aromatic carbocycles. The van der Waals surface area contributed by atoms with E-state index in [0.29, 0.717) is 18.0 Å². The molecule has 11 nitrogen and oxygen atoms in total. The largest absolute Gasteiger partial charge is 0.491 e. The zero-order valence-corrected chi connectivity index (χ0v) is 17.9. The highest BCUT2D eigenvalue weighted by atomic mass is 35.5. The van der Waals surface area contributed by atoms with Crippen LogP contribution in [-0.2, 0) is 4.79 Å². The summed E-state index contributed by atoms with van der Waals surface area (Å²) in [5.41, 5.74) is 10.7. The number of rotatable bonds is 9. The number of amidine groups is 1. The van der Waals surface area contributed by atoms with E-state index in [0.717, 1.165) is 17.7 Å². The number of carbonyl (C=O) groups excluding carboxylic acids is 1. The van der Waals surface area contributed by atoms with E-state index in [-0.39, 0.29) is 24.1 Å². The lowest BCUT2D eigenvalue weighted by Crippen LogP contribution is -2.64. The quantitative estimate of drug-likeness (QED) is 0.132. The van der Waals surface area contributed by atoms with E-state index in [9.17, 15) is 9.90 Å². The van der Waals surface area contributed by atoms with Gasteiger partial charge in [0.25, 0.3) is 5.91 Å². The molecule has 1 heterocycles. The Kier molecular flexibility index (Phi) is 8.75. The van der Waals surface area contributed by atoms with Gasteiger partial charge in [-0.1, -0.05) is 24.9 Å². The van der Waals surface area contributed by atoms with Gasteiger partial charge in [-0.3, -0.25) is 25.5 Å². The summed E-state index contributed by atoms with van der Waals surface area (Å²) in [6, 6.07) is 6.75. The molecule has 0 spiro atoms. The summed E-state index contributed by atoms with van der Waals surface area (Å²) in [5.74, 6) is -0.766. The Labute approximate surface area is 185 Å². The van der Waals surface area contributed by atoms with Crippen molar-refractivity contribution < 1.29 is 19.7 Å². The van der Waals surface area contributed by atoms with Gasteiger partial charge in [-0.15, -0.1) is 0 Å². The highest BCUT2D eigenvalue weighted by molar-refractivity contribution is 6.45. The number of hydrogen-bond acceptors (Lipinski definition) is 8. The van der Waals surface area contributed by atoms with Crippen LogP contribution in [0.1, 0.15) is 19.8 Å². The van der Waals surface area contributed by atoms with Crippen molar-refractivity contribution in [2.45, 2.75) is 37.5 Å². The Hall–Kier alpha value is -2.73. The molecule has 12 heteroatoms. The zero-order valence-electron chi connectivity index (χ0n) is 17.2. The maximum Gasteiger partial charge on any atom is 0.266 e. The van der Waals surface area contributed by atoms with E-state index in [2.05, 4.69) is 4.99 Å². The Balaban J connectivity index is 2.29. The predicted octanol–water partition coefficient (Wildman–Crippen LogP) is 0.0287. The molecule has 1 amide bonds. The molecule has 0 bridgehead atoms. The van der Waals surface area contributed by atoms with Crippen LogP contribution in [0.15, 0.2) is 29.3 Å². The average molecular weight is 454 g/mol. The van der Waals surface area contributed by atoms with E-state index >= 15 is 0 Å². The van der Waals surface area contributed by atoms with Crippen molar-refractivity contribution in [2.24, 2.45) is 16.5 Å². The molecule has 1 aliphatic rings. The number of ether oxygens (including phenoxy) is 1. The van der Waals surface area contributed by atoms with Crippen LogP contribution in [0, 0.1) is 10.8 Å². The fourth-order valence-electron chi connectivity index (χ4n) is 2.87. The molecule has 0 fully saturated rings. The topological polar surface area (TPSA) is 185 Å². The highest BCUT2D eigenvalue weighted by Crippen LogP contribution is 2.24. The molecule has 0 radical (unpaired) electrons. The maximum atomic E-state index is 11.7. The van der Waals surface area contributed by atoms with Gasteiger partial charge in [0.05, 0.1) is 6.61 Å². The number of aliphatic imine (C=N–C) groups is 1. The first-order chi connectivity index (χ1) is 14.7. The summed E-state index contributed by atoms with van der Waals surface area (Å²) in [4.78, 5) is 18.3. The molecule has 2 rings (SSSR count). The summed E-state index contributed by atoms with van der Waals surface area (Å²) in [7, 11) is 0. The number of hydrogen-bond donors (Lipinski definition) is 6. The molecule has 31 heavy (non-hydrogen) atoms. The van der Waals surface area contributed by atoms with Gasteiger partial charge in [-0.2, -0.15) is 0 Å². The van der Waals surface area contributed by atoms with Crippen LogP contribution in [0.5, 0.6) is 5.75 Å². The van der Waals surface area contributed by atoms with Gasteiger partial charge in [0, 0.05) is 12.2 Å². The van der Waals surface area contributed by atoms with Crippen molar-refractivity contribution in [1.82, 2.24) is 4.90 Å². The molecule has 0 aliphatic carbocycles. The minimum Gasteiger partial charge on any atom is -0.491 e. The number of primary amides is 1. The fourth-order valence-corrected chi connectivity index (χ4v) is 3.08. The summed E-state index contributed by atoms with van der Waals surface area (Å²) >= 11 is 6.07. The van der Waals surface area contributed by atoms with Gasteiger partial charge in [0.1, 0.15) is 36.2 Å². The fraction of sp³-hybridized carbons (Fsp3) is 0.474. The predicted molar refractivity (Wildman–Crippen MR) is 119 cm³/mol. The minimum absolute atomic E-state index is 0.0582. The SMILES string of the molecule is CCCCN(C(=N)N1C(=N)C(Cl)N=C(C(N)=O)C1N)c1ccc(OC[C@@H](O)CO)cc1. The Morgan fingerprint density at radius 1 is 1.42 bits per heavy atom. The molecular formula is C19H28ClN7O4. The number of nitrogens with zero attached hydrogens (tertiary/aromatic N) is 3. The molecule has 170 valence electrons. The van der Waals surface area contributed by atoms with Crippen LogP contribution in [0.25, 0.3) is 0 Å². The number of aliphatic hydroxyl groups is 2. The van der Waals surface area contributed by atoms with Gasteiger partial charge in [-0.05, 0) is 30.7 Å². The van der Waals surface area contributed by atoms with Gasteiger partial charge in [-0.25, -0.2) is 0 Å². The monoisotopic (exact) mass is 453 g/mol. The first-order valence-electron chi connectivity index (χ1n) is 9.73. The zero-order chi connectivity index (χ0) is 23.1. The van der Waals surface area contributed by atoms with E-state index in [4.69, 9.17) is 43.7 Å². The number of benzene rings is 1. The molecule has 8 N–H and O–H groups in total. The van der Waals surface area contributed by atoms with Crippen molar-refractivity contribution >= 4 is 40.7 Å². The van der Waals surface area contributed by atoms with Gasteiger partial charge in [0.2, 0.25) is 5.96 Å². The number of alkyl halides is 1.